The summed E-state index contributed by atoms with van der Waals surface area (Å²) in [6, 6.07) is 14.3. The van der Waals surface area contributed by atoms with Crippen molar-refractivity contribution in [1.82, 2.24) is 19.5 Å². The topological polar surface area (TPSA) is 102 Å². The van der Waals surface area contributed by atoms with E-state index >= 15 is 0 Å². The minimum Gasteiger partial charge on any atom is -0.384 e. The van der Waals surface area contributed by atoms with E-state index < -0.39 is 17.6 Å². The van der Waals surface area contributed by atoms with Crippen LogP contribution in [-0.4, -0.2) is 39.5 Å². The van der Waals surface area contributed by atoms with Crippen LogP contribution in [0.2, 0.25) is 0 Å². The number of pyridine rings is 1. The van der Waals surface area contributed by atoms with Crippen molar-refractivity contribution in [3.8, 4) is 17.1 Å². The Labute approximate surface area is 221 Å². The van der Waals surface area contributed by atoms with Gasteiger partial charge in [-0.3, -0.25) is 9.78 Å². The highest BCUT2D eigenvalue weighted by atomic mass is 19.4. The molecule has 0 aliphatic rings. The van der Waals surface area contributed by atoms with Gasteiger partial charge < -0.3 is 20.5 Å². The molecule has 11 heteroatoms. The third kappa shape index (κ3) is 5.11. The summed E-state index contributed by atoms with van der Waals surface area (Å²) in [5.74, 6) is 0.291. The van der Waals surface area contributed by atoms with Gasteiger partial charge in [-0.2, -0.15) is 13.2 Å². The van der Waals surface area contributed by atoms with Crippen LogP contribution in [0.3, 0.4) is 0 Å². The van der Waals surface area contributed by atoms with Crippen LogP contribution >= 0.6 is 0 Å². The second-order valence-corrected chi connectivity index (χ2v) is 9.22. The number of halogens is 3. The summed E-state index contributed by atoms with van der Waals surface area (Å²) < 4.78 is 42.8. The van der Waals surface area contributed by atoms with Gasteiger partial charge in [0.1, 0.15) is 18.0 Å². The smallest absolute Gasteiger partial charge is 0.384 e. The van der Waals surface area contributed by atoms with Crippen molar-refractivity contribution < 1.29 is 18.0 Å². The minimum atomic E-state index is -4.60. The number of nitrogens with one attached hydrogen (secondary N) is 1. The fourth-order valence-electron chi connectivity index (χ4n) is 4.34. The van der Waals surface area contributed by atoms with Gasteiger partial charge >= 0.3 is 6.18 Å². The number of aryl methyl sites for hydroxylation is 1. The first-order chi connectivity index (χ1) is 18.5. The molecule has 0 saturated carbocycles. The van der Waals surface area contributed by atoms with Crippen LogP contribution in [0.4, 0.5) is 30.4 Å². The lowest BCUT2D eigenvalue weighted by atomic mass is 10.0. The third-order valence-electron chi connectivity index (χ3n) is 6.31. The molecule has 1 amide bonds. The number of amides is 1. The number of nitrogen functional groups attached to an aromatic ring is 1. The van der Waals surface area contributed by atoms with Crippen molar-refractivity contribution in [3.63, 3.8) is 0 Å². The Hall–Kier alpha value is -4.93. The highest BCUT2D eigenvalue weighted by Crippen LogP contribution is 2.37. The maximum absolute atomic E-state index is 13.6. The van der Waals surface area contributed by atoms with Gasteiger partial charge in [0.2, 0.25) is 0 Å². The van der Waals surface area contributed by atoms with Crippen LogP contribution in [0.15, 0.2) is 73.3 Å². The number of anilines is 3. The second kappa shape index (κ2) is 9.75. The van der Waals surface area contributed by atoms with Gasteiger partial charge in [0.05, 0.1) is 16.8 Å². The number of hydrogen-bond donors (Lipinski definition) is 2. The summed E-state index contributed by atoms with van der Waals surface area (Å²) in [4.78, 5) is 27.1. The Balaban J connectivity index is 1.48. The number of nitrogens with zero attached hydrogens (tertiary/aromatic N) is 5. The van der Waals surface area contributed by atoms with Crippen LogP contribution in [0.1, 0.15) is 21.5 Å². The summed E-state index contributed by atoms with van der Waals surface area (Å²) in [7, 11) is 3.03. The number of carbonyl (C=O) groups is 1. The van der Waals surface area contributed by atoms with E-state index in [0.29, 0.717) is 23.0 Å². The second-order valence-electron chi connectivity index (χ2n) is 9.22. The van der Waals surface area contributed by atoms with Gasteiger partial charge in [0.15, 0.2) is 0 Å². The quantitative estimate of drug-likeness (QED) is 0.301. The van der Waals surface area contributed by atoms with Gasteiger partial charge in [-0.25, -0.2) is 9.97 Å². The molecule has 5 aromatic rings. The van der Waals surface area contributed by atoms with E-state index in [4.69, 9.17) is 5.73 Å². The molecule has 3 heterocycles. The Bertz CT molecular complexity index is 1710. The number of fused-ring (bicyclic) bond motifs is 1. The van der Waals surface area contributed by atoms with Gasteiger partial charge in [0, 0.05) is 60.4 Å². The number of nitrogens with two attached hydrogens (primary N) is 1. The van der Waals surface area contributed by atoms with E-state index in [1.807, 2.05) is 35.9 Å². The van der Waals surface area contributed by atoms with Crippen LogP contribution < -0.4 is 16.0 Å². The summed E-state index contributed by atoms with van der Waals surface area (Å²) in [6.45, 7) is 1.91. The molecular formula is C28H24F3N7O. The highest BCUT2D eigenvalue weighted by Gasteiger charge is 2.35. The molecule has 198 valence electrons. The molecule has 0 atom stereocenters. The number of carbonyl (C=O) groups excluding carboxylic acids is 1. The normalized spacial score (nSPS) is 11.5. The first-order valence-corrected chi connectivity index (χ1v) is 11.9. The third-order valence-corrected chi connectivity index (χ3v) is 6.31. The highest BCUT2D eigenvalue weighted by molar-refractivity contribution is 6.05. The Morgan fingerprint density at radius 2 is 1.79 bits per heavy atom. The van der Waals surface area contributed by atoms with Crippen molar-refractivity contribution in [2.24, 2.45) is 0 Å². The predicted octanol–water partition coefficient (Wildman–Crippen LogP) is 5.71. The molecule has 0 unspecified atom stereocenters. The summed E-state index contributed by atoms with van der Waals surface area (Å²) in [5.41, 5.74) is 8.39. The zero-order valence-electron chi connectivity index (χ0n) is 21.3. The first kappa shape index (κ1) is 25.7. The first-order valence-electron chi connectivity index (χ1n) is 11.9. The SMILES string of the molecule is Cc1ccc(NC(=O)c2ccc(N(C)C)c(C(F)(F)F)c2)cc1-c1cc2c(ccn2-c2cc(N)ncn2)cn1. The molecule has 2 aromatic carbocycles. The lowest BCUT2D eigenvalue weighted by molar-refractivity contribution is -0.137. The Kier molecular flexibility index (Phi) is 6.43. The minimum absolute atomic E-state index is 0.0208. The van der Waals surface area contributed by atoms with Crippen molar-refractivity contribution in [3.05, 3.63) is 90.0 Å². The molecule has 3 N–H and O–H groups in total. The van der Waals surface area contributed by atoms with E-state index in [9.17, 15) is 18.0 Å². The number of hydrogen-bond acceptors (Lipinski definition) is 6. The zero-order valence-corrected chi connectivity index (χ0v) is 21.3. The van der Waals surface area contributed by atoms with Gasteiger partial charge in [-0.05, 0) is 55.0 Å². The van der Waals surface area contributed by atoms with Gasteiger partial charge in [0.25, 0.3) is 5.91 Å². The lowest BCUT2D eigenvalue weighted by Crippen LogP contribution is -2.19. The number of benzene rings is 2. The average molecular weight is 532 g/mol. The number of aromatic nitrogens is 4. The average Bonchev–Trinajstić information content (AvgIpc) is 3.32. The standard InChI is InChI=1S/C28H24F3N7O/c1-16-4-6-19(36-27(39)17-5-7-23(37(2)3)21(10-17)28(29,30)31)11-20(16)22-12-24-18(14-33-22)8-9-38(24)26-13-25(32)34-15-35-26/h4-15H,1-3H3,(H,36,39)(H2,32,34,35). The maximum Gasteiger partial charge on any atom is 0.418 e. The molecular weight excluding hydrogens is 507 g/mol. The van der Waals surface area contributed by atoms with Crippen molar-refractivity contribution in [1.29, 1.82) is 0 Å². The van der Waals surface area contributed by atoms with E-state index in [-0.39, 0.29) is 11.3 Å². The molecule has 0 saturated heterocycles. The monoisotopic (exact) mass is 531 g/mol. The van der Waals surface area contributed by atoms with E-state index in [2.05, 4.69) is 20.3 Å². The van der Waals surface area contributed by atoms with Gasteiger partial charge in [-0.15, -0.1) is 0 Å². The number of alkyl halides is 3. The fourth-order valence-corrected chi connectivity index (χ4v) is 4.34. The van der Waals surface area contributed by atoms with E-state index in [0.717, 1.165) is 28.1 Å². The van der Waals surface area contributed by atoms with E-state index in [1.165, 1.54) is 37.5 Å². The molecule has 0 spiro atoms. The molecule has 0 aliphatic heterocycles. The molecule has 0 fully saturated rings. The molecule has 3 aromatic heterocycles. The largest absolute Gasteiger partial charge is 0.418 e. The van der Waals surface area contributed by atoms with E-state index in [1.54, 1.807) is 24.4 Å². The molecule has 5 rings (SSSR count). The van der Waals surface area contributed by atoms with Crippen LogP contribution in [0.25, 0.3) is 28.0 Å². The van der Waals surface area contributed by atoms with Crippen LogP contribution in [-0.2, 0) is 6.18 Å². The Morgan fingerprint density at radius 1 is 1.00 bits per heavy atom. The van der Waals surface area contributed by atoms with Crippen molar-refractivity contribution in [2.75, 3.05) is 30.0 Å². The summed E-state index contributed by atoms with van der Waals surface area (Å²) in [5, 5.41) is 3.60. The van der Waals surface area contributed by atoms with Crippen LogP contribution in [0, 0.1) is 6.92 Å². The summed E-state index contributed by atoms with van der Waals surface area (Å²) >= 11 is 0. The molecule has 39 heavy (non-hydrogen) atoms. The lowest BCUT2D eigenvalue weighted by Gasteiger charge is -2.20. The molecule has 0 bridgehead atoms. The molecule has 0 radical (unpaired) electrons. The summed E-state index contributed by atoms with van der Waals surface area (Å²) in [6.07, 6.45) is 0.382. The number of rotatable bonds is 5. The molecule has 0 aliphatic carbocycles. The van der Waals surface area contributed by atoms with Gasteiger partial charge in [-0.1, -0.05) is 6.07 Å². The van der Waals surface area contributed by atoms with Crippen LogP contribution in [0.5, 0.6) is 0 Å². The molecule has 8 nitrogen and oxygen atoms in total. The zero-order chi connectivity index (χ0) is 27.9. The predicted molar refractivity (Wildman–Crippen MR) is 145 cm³/mol. The van der Waals surface area contributed by atoms with Crippen molar-refractivity contribution >= 4 is 34.0 Å². The van der Waals surface area contributed by atoms with Crippen molar-refractivity contribution in [2.45, 2.75) is 13.1 Å². The Morgan fingerprint density at radius 3 is 2.51 bits per heavy atom. The maximum atomic E-state index is 13.6. The fraction of sp³-hybridized carbons (Fsp3) is 0.143.